The number of unbranched alkanes of at least 4 members (excludes halogenated alkanes) is 1. The van der Waals surface area contributed by atoms with Crippen molar-refractivity contribution in [2.24, 2.45) is 17.3 Å². The lowest BCUT2D eigenvalue weighted by Crippen LogP contribution is -2.61. The third-order valence-electron chi connectivity index (χ3n) is 8.18. The first-order valence-corrected chi connectivity index (χ1v) is 13.6. The highest BCUT2D eigenvalue weighted by atomic mass is 16.5. The van der Waals surface area contributed by atoms with Crippen LogP contribution in [0.2, 0.25) is 0 Å². The van der Waals surface area contributed by atoms with Gasteiger partial charge in [-0.1, -0.05) is 32.9 Å². The molecule has 0 radical (unpaired) electrons. The van der Waals surface area contributed by atoms with Gasteiger partial charge in [-0.15, -0.1) is 13.2 Å². The zero-order chi connectivity index (χ0) is 27.8. The fourth-order valence-corrected chi connectivity index (χ4v) is 7.19. The smallest absolute Gasteiger partial charge is 0.249 e. The monoisotopic (exact) mass is 517 g/mol. The molecule has 208 valence electrons. The Bertz CT molecular complexity index is 910. The van der Waals surface area contributed by atoms with E-state index in [4.69, 9.17) is 4.74 Å². The van der Waals surface area contributed by atoms with Crippen LogP contribution in [-0.4, -0.2) is 94.1 Å². The fourth-order valence-electron chi connectivity index (χ4n) is 7.19. The molecule has 0 aliphatic carbocycles. The molecule has 0 aromatic rings. The molecule has 3 amide bonds. The quantitative estimate of drug-likeness (QED) is 0.318. The summed E-state index contributed by atoms with van der Waals surface area (Å²) in [7, 11) is 1.71. The number of aliphatic hydroxyl groups is 1. The number of hydrogen-bond donors (Lipinski definition) is 1. The summed E-state index contributed by atoms with van der Waals surface area (Å²) in [6.45, 7) is 19.3. The Morgan fingerprint density at radius 1 is 1.14 bits per heavy atom. The fraction of sp³-hybridized carbons (Fsp3) is 0.759. The predicted molar refractivity (Wildman–Crippen MR) is 144 cm³/mol. The van der Waals surface area contributed by atoms with Gasteiger partial charge in [-0.3, -0.25) is 14.4 Å². The molecule has 3 heterocycles. The van der Waals surface area contributed by atoms with Crippen LogP contribution >= 0.6 is 0 Å². The van der Waals surface area contributed by atoms with E-state index in [9.17, 15) is 19.5 Å². The third-order valence-corrected chi connectivity index (χ3v) is 8.18. The number of likely N-dealkylation sites (N-methyl/N-ethyl adjacent to an activating group) is 1. The number of carbonyl (C=O) groups is 3. The Morgan fingerprint density at radius 3 is 2.35 bits per heavy atom. The van der Waals surface area contributed by atoms with Crippen LogP contribution in [0.25, 0.3) is 0 Å². The molecular formula is C29H47N3O5. The molecule has 0 saturated carbocycles. The molecule has 37 heavy (non-hydrogen) atoms. The first kappa shape index (κ1) is 29.4. The van der Waals surface area contributed by atoms with Crippen molar-refractivity contribution >= 4 is 17.7 Å². The average Bonchev–Trinajstić information content (AvgIpc) is 3.43. The molecule has 1 spiro atoms. The molecule has 0 aromatic carbocycles. The van der Waals surface area contributed by atoms with Crippen LogP contribution in [0.1, 0.15) is 66.7 Å². The van der Waals surface area contributed by atoms with Gasteiger partial charge in [0.15, 0.2) is 0 Å². The minimum atomic E-state index is -1.02. The van der Waals surface area contributed by atoms with Crippen molar-refractivity contribution in [3.63, 3.8) is 0 Å². The van der Waals surface area contributed by atoms with E-state index in [1.54, 1.807) is 29.0 Å². The van der Waals surface area contributed by atoms with Crippen molar-refractivity contribution in [3.8, 4) is 0 Å². The minimum Gasteiger partial charge on any atom is -0.396 e. The van der Waals surface area contributed by atoms with E-state index in [-0.39, 0.29) is 35.8 Å². The lowest BCUT2D eigenvalue weighted by atomic mass is 9.70. The van der Waals surface area contributed by atoms with Crippen molar-refractivity contribution in [1.82, 2.24) is 14.7 Å². The highest BCUT2D eigenvalue weighted by Gasteiger charge is 2.75. The van der Waals surface area contributed by atoms with Crippen molar-refractivity contribution < 1.29 is 24.2 Å². The van der Waals surface area contributed by atoms with Gasteiger partial charge in [-0.05, 0) is 51.4 Å². The second kappa shape index (κ2) is 10.9. The van der Waals surface area contributed by atoms with Crippen molar-refractivity contribution in [2.45, 2.75) is 90.0 Å². The number of amides is 3. The number of nitrogens with zero attached hydrogens (tertiary/aromatic N) is 3. The van der Waals surface area contributed by atoms with Crippen LogP contribution in [-0.2, 0) is 19.1 Å². The van der Waals surface area contributed by atoms with Crippen LogP contribution in [0.15, 0.2) is 25.3 Å². The highest BCUT2D eigenvalue weighted by molar-refractivity contribution is 5.99. The predicted octanol–water partition coefficient (Wildman–Crippen LogP) is 3.01. The van der Waals surface area contributed by atoms with Crippen LogP contribution in [0.3, 0.4) is 0 Å². The Labute approximate surface area is 222 Å². The lowest BCUT2D eigenvalue weighted by Gasteiger charge is -2.45. The first-order chi connectivity index (χ1) is 17.3. The number of hydrogen-bond acceptors (Lipinski definition) is 5. The summed E-state index contributed by atoms with van der Waals surface area (Å²) in [6, 6.07) is -0.810. The Kier molecular flexibility index (Phi) is 8.64. The maximum Gasteiger partial charge on any atom is 0.249 e. The molecular weight excluding hydrogens is 470 g/mol. The standard InChI is InChI=1S/C29H47N3O5/c1-9-15-30(8)24(34)21-20-13-14-29(37-20)22(21)25(35)31(17-11-12-18-33)23(29)26(36)32(16-10-2)28(6,7)19-27(3,4)5/h9-10,20-23,33H,1-2,11-19H2,3-8H3/t20-,21+,22-,23?,29?/m0/s1. The second-order valence-electron chi connectivity index (χ2n) is 12.8. The van der Waals surface area contributed by atoms with E-state index in [0.717, 1.165) is 6.42 Å². The van der Waals surface area contributed by atoms with E-state index in [2.05, 4.69) is 47.8 Å². The first-order valence-electron chi connectivity index (χ1n) is 13.6. The van der Waals surface area contributed by atoms with Gasteiger partial charge < -0.3 is 24.5 Å². The number of aliphatic hydroxyl groups excluding tert-OH is 1. The number of fused-ring (bicyclic) bond motifs is 1. The molecule has 5 atom stereocenters. The van der Waals surface area contributed by atoms with Gasteiger partial charge in [0.25, 0.3) is 0 Å². The van der Waals surface area contributed by atoms with Gasteiger partial charge in [-0.25, -0.2) is 0 Å². The summed E-state index contributed by atoms with van der Waals surface area (Å²) < 4.78 is 6.57. The summed E-state index contributed by atoms with van der Waals surface area (Å²) in [5, 5.41) is 9.37. The zero-order valence-electron chi connectivity index (χ0n) is 23.7. The Hall–Kier alpha value is -2.19. The molecule has 0 aromatic heterocycles. The van der Waals surface area contributed by atoms with Crippen LogP contribution in [0.5, 0.6) is 0 Å². The lowest BCUT2D eigenvalue weighted by molar-refractivity contribution is -0.153. The maximum atomic E-state index is 14.5. The summed E-state index contributed by atoms with van der Waals surface area (Å²) in [4.78, 5) is 47.2. The number of rotatable bonds is 12. The summed E-state index contributed by atoms with van der Waals surface area (Å²) in [5.74, 6) is -1.77. The number of ether oxygens (including phenoxy) is 1. The van der Waals surface area contributed by atoms with Crippen LogP contribution < -0.4 is 0 Å². The molecule has 3 rings (SSSR count). The Balaban J connectivity index is 2.05. The topological polar surface area (TPSA) is 90.4 Å². The van der Waals surface area contributed by atoms with Crippen molar-refractivity contribution in [3.05, 3.63) is 25.3 Å². The van der Waals surface area contributed by atoms with Gasteiger partial charge in [0.2, 0.25) is 17.7 Å². The summed E-state index contributed by atoms with van der Waals surface area (Å²) in [6.07, 6.45) is 6.09. The highest BCUT2D eigenvalue weighted by Crippen LogP contribution is 2.59. The number of carbonyl (C=O) groups excluding carboxylic acids is 3. The molecule has 1 N–H and O–H groups in total. The molecule has 3 aliphatic heterocycles. The molecule has 3 saturated heterocycles. The van der Waals surface area contributed by atoms with Gasteiger partial charge in [0, 0.05) is 38.8 Å². The summed E-state index contributed by atoms with van der Waals surface area (Å²) in [5.41, 5.74) is -1.54. The van der Waals surface area contributed by atoms with E-state index < -0.39 is 29.0 Å². The normalized spacial score (nSPS) is 28.8. The van der Waals surface area contributed by atoms with Crippen molar-refractivity contribution in [2.75, 3.05) is 33.3 Å². The average molecular weight is 518 g/mol. The van der Waals surface area contributed by atoms with E-state index in [1.165, 1.54) is 0 Å². The maximum absolute atomic E-state index is 14.5. The SMILES string of the molecule is C=CCN(C)C(=O)[C@@H]1[C@@H]2CCC3(O2)C(C(=O)N(CC=C)C(C)(C)CC(C)(C)C)N(CCCCO)C(=O)[C@H]13. The second-order valence-corrected chi connectivity index (χ2v) is 12.8. The van der Waals surface area contributed by atoms with Crippen LogP contribution in [0, 0.1) is 17.3 Å². The van der Waals surface area contributed by atoms with Gasteiger partial charge in [0.1, 0.15) is 11.6 Å². The zero-order valence-corrected chi connectivity index (χ0v) is 23.7. The van der Waals surface area contributed by atoms with Gasteiger partial charge in [0.05, 0.1) is 17.9 Å². The number of likely N-dealkylation sites (tertiary alicyclic amines) is 1. The minimum absolute atomic E-state index is 0.0163. The largest absolute Gasteiger partial charge is 0.396 e. The molecule has 8 heteroatoms. The van der Waals surface area contributed by atoms with Gasteiger partial charge in [-0.2, -0.15) is 0 Å². The Morgan fingerprint density at radius 2 is 1.78 bits per heavy atom. The van der Waals surface area contributed by atoms with Crippen molar-refractivity contribution in [1.29, 1.82) is 0 Å². The van der Waals surface area contributed by atoms with Gasteiger partial charge >= 0.3 is 0 Å². The van der Waals surface area contributed by atoms with Crippen LogP contribution in [0.4, 0.5) is 0 Å². The molecule has 3 aliphatic rings. The molecule has 2 bridgehead atoms. The third kappa shape index (κ3) is 5.37. The van der Waals surface area contributed by atoms with E-state index >= 15 is 0 Å². The van der Waals surface area contributed by atoms with E-state index in [1.807, 2.05) is 4.90 Å². The molecule has 2 unspecified atom stereocenters. The van der Waals surface area contributed by atoms with E-state index in [0.29, 0.717) is 45.3 Å². The summed E-state index contributed by atoms with van der Waals surface area (Å²) >= 11 is 0. The molecule has 3 fully saturated rings. The molecule has 8 nitrogen and oxygen atoms in total.